The van der Waals surface area contributed by atoms with E-state index in [9.17, 15) is 0 Å². The summed E-state index contributed by atoms with van der Waals surface area (Å²) in [6, 6.07) is 6.04. The van der Waals surface area contributed by atoms with E-state index in [-0.39, 0.29) is 13.5 Å². The first-order valence-corrected chi connectivity index (χ1v) is 7.26. The number of hydrogen-bond acceptors (Lipinski definition) is 7. The van der Waals surface area contributed by atoms with Gasteiger partial charge in [0.15, 0.2) is 0 Å². The average molecular weight is 303 g/mol. The number of nitrogens with zero attached hydrogens (tertiary/aromatic N) is 5. The molecule has 0 radical (unpaired) electrons. The Morgan fingerprint density at radius 1 is 0.773 bits per heavy atom. The van der Waals surface area contributed by atoms with Gasteiger partial charge in [0.2, 0.25) is 0 Å². The number of aromatic nitrogens is 1. The Hall–Kier alpha value is -2.25. The van der Waals surface area contributed by atoms with Crippen LogP contribution in [0.2, 0.25) is 0 Å². The Morgan fingerprint density at radius 3 is 1.64 bits per heavy atom. The van der Waals surface area contributed by atoms with Gasteiger partial charge < -0.3 is 29.8 Å². The highest BCUT2D eigenvalue weighted by atomic mass is 16.3. The molecule has 0 amide bonds. The van der Waals surface area contributed by atoms with Gasteiger partial charge in [0.05, 0.1) is 37.8 Å². The maximum absolute atomic E-state index is 9.09. The predicted molar refractivity (Wildman–Crippen MR) is 81.2 cm³/mol. The van der Waals surface area contributed by atoms with Crippen LogP contribution in [-0.4, -0.2) is 61.6 Å². The lowest BCUT2D eigenvalue weighted by molar-refractivity contribution is 0.125. The van der Waals surface area contributed by atoms with E-state index in [2.05, 4.69) is 14.8 Å². The molecule has 2 aliphatic heterocycles. The van der Waals surface area contributed by atoms with E-state index >= 15 is 0 Å². The molecule has 22 heavy (non-hydrogen) atoms. The largest absolute Gasteiger partial charge is 0.376 e. The maximum Gasteiger partial charge on any atom is 0.116 e. The van der Waals surface area contributed by atoms with Crippen molar-refractivity contribution in [1.82, 2.24) is 24.6 Å². The highest BCUT2D eigenvalue weighted by Crippen LogP contribution is 2.13. The topological polar surface area (TPSA) is 66.3 Å². The van der Waals surface area contributed by atoms with E-state index in [4.69, 9.17) is 10.2 Å². The zero-order valence-corrected chi connectivity index (χ0v) is 12.4. The summed E-state index contributed by atoms with van der Waals surface area (Å²) in [7, 11) is 0. The molecule has 7 heteroatoms. The standard InChI is InChI=1S/C15H21N5O2/c21-12-19-6-4-17(10-19)8-14-2-1-3-15(16-14)9-18-5-7-20(11-18)13-22/h1-7,21-22H,8-13H2. The fourth-order valence-electron chi connectivity index (χ4n) is 2.54. The molecule has 0 saturated carbocycles. The minimum Gasteiger partial charge on any atom is -0.376 e. The van der Waals surface area contributed by atoms with E-state index < -0.39 is 0 Å². The number of pyridine rings is 1. The van der Waals surface area contributed by atoms with Gasteiger partial charge >= 0.3 is 0 Å². The van der Waals surface area contributed by atoms with Crippen LogP contribution in [-0.2, 0) is 13.1 Å². The molecule has 0 unspecified atom stereocenters. The maximum atomic E-state index is 9.09. The minimum absolute atomic E-state index is 0.0309. The van der Waals surface area contributed by atoms with Gasteiger partial charge in [-0.2, -0.15) is 0 Å². The van der Waals surface area contributed by atoms with Crippen LogP contribution in [0.3, 0.4) is 0 Å². The van der Waals surface area contributed by atoms with Gasteiger partial charge in [0.25, 0.3) is 0 Å². The Bertz CT molecular complexity index is 517. The molecule has 0 bridgehead atoms. The monoisotopic (exact) mass is 303 g/mol. The molecule has 3 heterocycles. The number of rotatable bonds is 6. The lowest BCUT2D eigenvalue weighted by Crippen LogP contribution is -2.27. The normalized spacial score (nSPS) is 17.2. The van der Waals surface area contributed by atoms with Crippen molar-refractivity contribution < 1.29 is 10.2 Å². The fourth-order valence-corrected chi connectivity index (χ4v) is 2.54. The molecule has 118 valence electrons. The lowest BCUT2D eigenvalue weighted by atomic mass is 10.3. The van der Waals surface area contributed by atoms with Crippen molar-refractivity contribution in [3.05, 3.63) is 54.4 Å². The van der Waals surface area contributed by atoms with E-state index in [0.717, 1.165) is 24.5 Å². The SMILES string of the molecule is OCN1C=CN(Cc2cccc(CN3C=CN(CO)C3)n2)C1. The Balaban J connectivity index is 1.57. The van der Waals surface area contributed by atoms with Crippen LogP contribution >= 0.6 is 0 Å². The average Bonchev–Trinajstić information content (AvgIpc) is 3.16. The highest BCUT2D eigenvalue weighted by Gasteiger charge is 2.14. The third kappa shape index (κ3) is 3.49. The van der Waals surface area contributed by atoms with Crippen molar-refractivity contribution in [2.24, 2.45) is 0 Å². The van der Waals surface area contributed by atoms with Crippen LogP contribution in [0.25, 0.3) is 0 Å². The molecular weight excluding hydrogens is 282 g/mol. The van der Waals surface area contributed by atoms with Gasteiger partial charge in [-0.25, -0.2) is 0 Å². The highest BCUT2D eigenvalue weighted by molar-refractivity contribution is 5.13. The van der Waals surface area contributed by atoms with Crippen molar-refractivity contribution in [2.45, 2.75) is 13.1 Å². The molecule has 0 aromatic carbocycles. The first-order chi connectivity index (χ1) is 10.8. The molecule has 0 fully saturated rings. The number of aliphatic hydroxyl groups is 2. The van der Waals surface area contributed by atoms with Crippen LogP contribution < -0.4 is 0 Å². The van der Waals surface area contributed by atoms with Crippen LogP contribution in [0.1, 0.15) is 11.4 Å². The predicted octanol–water partition coefficient (Wildman–Crippen LogP) is 0.0738. The second-order valence-electron chi connectivity index (χ2n) is 5.45. The van der Waals surface area contributed by atoms with Crippen molar-refractivity contribution >= 4 is 0 Å². The van der Waals surface area contributed by atoms with Gasteiger partial charge in [-0.15, -0.1) is 0 Å². The molecule has 7 nitrogen and oxygen atoms in total. The molecule has 2 aliphatic rings. The summed E-state index contributed by atoms with van der Waals surface area (Å²) in [6.45, 7) is 2.87. The summed E-state index contributed by atoms with van der Waals surface area (Å²) in [5.41, 5.74) is 2.01. The van der Waals surface area contributed by atoms with Crippen LogP contribution in [0, 0.1) is 0 Å². The second-order valence-corrected chi connectivity index (χ2v) is 5.45. The van der Waals surface area contributed by atoms with E-state index in [0.29, 0.717) is 13.3 Å². The molecule has 0 aliphatic carbocycles. The second kappa shape index (κ2) is 6.67. The molecule has 1 aromatic heterocycles. The Labute approximate surface area is 130 Å². The van der Waals surface area contributed by atoms with Crippen molar-refractivity contribution in [3.63, 3.8) is 0 Å². The smallest absolute Gasteiger partial charge is 0.116 e. The lowest BCUT2D eigenvalue weighted by Gasteiger charge is -2.21. The molecule has 2 N–H and O–H groups in total. The molecule has 0 spiro atoms. The molecule has 0 saturated heterocycles. The summed E-state index contributed by atoms with van der Waals surface area (Å²) in [5, 5.41) is 18.2. The van der Waals surface area contributed by atoms with Crippen molar-refractivity contribution in [3.8, 4) is 0 Å². The first-order valence-electron chi connectivity index (χ1n) is 7.26. The minimum atomic E-state index is 0.0309. The van der Waals surface area contributed by atoms with E-state index in [1.54, 1.807) is 0 Å². The molecule has 0 atom stereocenters. The molecular formula is C15H21N5O2. The molecule has 1 aromatic rings. The van der Waals surface area contributed by atoms with Crippen LogP contribution in [0.15, 0.2) is 43.0 Å². The van der Waals surface area contributed by atoms with Crippen LogP contribution in [0.4, 0.5) is 0 Å². The van der Waals surface area contributed by atoms with Gasteiger partial charge in [-0.1, -0.05) is 6.07 Å². The third-order valence-electron chi connectivity index (χ3n) is 3.66. The quantitative estimate of drug-likeness (QED) is 0.771. The van der Waals surface area contributed by atoms with Gasteiger partial charge in [0.1, 0.15) is 13.5 Å². The van der Waals surface area contributed by atoms with Crippen LogP contribution in [0.5, 0.6) is 0 Å². The van der Waals surface area contributed by atoms with Crippen molar-refractivity contribution in [1.29, 1.82) is 0 Å². The van der Waals surface area contributed by atoms with Gasteiger partial charge in [0, 0.05) is 24.8 Å². The third-order valence-corrected chi connectivity index (χ3v) is 3.66. The summed E-state index contributed by atoms with van der Waals surface area (Å²) < 4.78 is 0. The summed E-state index contributed by atoms with van der Waals surface area (Å²) in [6.07, 6.45) is 7.69. The zero-order chi connectivity index (χ0) is 15.4. The van der Waals surface area contributed by atoms with E-state index in [1.165, 1.54) is 0 Å². The summed E-state index contributed by atoms with van der Waals surface area (Å²) >= 11 is 0. The molecule has 3 rings (SSSR count). The fraction of sp³-hybridized carbons (Fsp3) is 0.400. The number of hydrogen-bond donors (Lipinski definition) is 2. The first kappa shape index (κ1) is 14.7. The Morgan fingerprint density at radius 2 is 1.23 bits per heavy atom. The summed E-state index contributed by atoms with van der Waals surface area (Å²) in [4.78, 5) is 12.5. The van der Waals surface area contributed by atoms with Gasteiger partial charge in [-0.3, -0.25) is 4.98 Å². The zero-order valence-electron chi connectivity index (χ0n) is 12.4. The Kier molecular flexibility index (Phi) is 4.45. The number of aliphatic hydroxyl groups excluding tert-OH is 2. The van der Waals surface area contributed by atoms with E-state index in [1.807, 2.05) is 52.8 Å². The van der Waals surface area contributed by atoms with Crippen molar-refractivity contribution in [2.75, 3.05) is 26.8 Å². The summed E-state index contributed by atoms with van der Waals surface area (Å²) in [5.74, 6) is 0. The van der Waals surface area contributed by atoms with Gasteiger partial charge in [-0.05, 0) is 12.1 Å².